The van der Waals surface area contributed by atoms with Crippen molar-refractivity contribution in [3.63, 3.8) is 0 Å². The van der Waals surface area contributed by atoms with Gasteiger partial charge in [-0.05, 0) is 26.0 Å². The van der Waals surface area contributed by atoms with E-state index in [1.807, 2.05) is 6.92 Å². The molecule has 0 radical (unpaired) electrons. The zero-order valence-corrected chi connectivity index (χ0v) is 9.90. The van der Waals surface area contributed by atoms with E-state index in [2.05, 4.69) is 0 Å². The zero-order chi connectivity index (χ0) is 12.8. The van der Waals surface area contributed by atoms with Crippen LogP contribution in [0.15, 0.2) is 35.7 Å². The lowest BCUT2D eigenvalue weighted by Gasteiger charge is -2.10. The molecule has 0 aliphatic rings. The number of benzene rings is 1. The summed E-state index contributed by atoms with van der Waals surface area (Å²) in [7, 11) is 0. The Labute approximate surface area is 100.0 Å². The Morgan fingerprint density at radius 3 is 2.35 bits per heavy atom. The minimum atomic E-state index is -0.586. The normalized spacial score (nSPS) is 9.53. The Morgan fingerprint density at radius 2 is 1.82 bits per heavy atom. The van der Waals surface area contributed by atoms with Crippen molar-refractivity contribution in [1.29, 1.82) is 0 Å². The standard InChI is InChI=1S/C12H16N2O3/c1-3-16-9-6-4-5-7-10(9)17-12(15)8(2)11(13)14/h4-7H,3,13-14H2,1-2H3. The molecule has 5 nitrogen and oxygen atoms in total. The van der Waals surface area contributed by atoms with Gasteiger partial charge in [-0.25, -0.2) is 4.79 Å². The van der Waals surface area contributed by atoms with Crippen molar-refractivity contribution in [2.75, 3.05) is 6.61 Å². The Kier molecular flexibility index (Phi) is 4.39. The highest BCUT2D eigenvalue weighted by molar-refractivity contribution is 5.90. The van der Waals surface area contributed by atoms with Crippen molar-refractivity contribution in [3.8, 4) is 11.5 Å². The number of rotatable bonds is 4. The van der Waals surface area contributed by atoms with E-state index in [1.165, 1.54) is 6.92 Å². The number of ether oxygens (including phenoxy) is 2. The number of esters is 1. The monoisotopic (exact) mass is 236 g/mol. The minimum Gasteiger partial charge on any atom is -0.490 e. The summed E-state index contributed by atoms with van der Waals surface area (Å²) in [6, 6.07) is 6.90. The third-order valence-electron chi connectivity index (χ3n) is 2.09. The second-order valence-corrected chi connectivity index (χ2v) is 3.35. The summed E-state index contributed by atoms with van der Waals surface area (Å²) in [5.74, 6) is 0.215. The maximum atomic E-state index is 11.6. The lowest BCUT2D eigenvalue weighted by Crippen LogP contribution is -2.19. The van der Waals surface area contributed by atoms with Crippen molar-refractivity contribution in [2.45, 2.75) is 13.8 Å². The molecule has 0 aliphatic carbocycles. The summed E-state index contributed by atoms with van der Waals surface area (Å²) >= 11 is 0. The van der Waals surface area contributed by atoms with Crippen molar-refractivity contribution < 1.29 is 14.3 Å². The molecule has 1 rings (SSSR count). The smallest absolute Gasteiger partial charge is 0.342 e. The van der Waals surface area contributed by atoms with Gasteiger partial charge >= 0.3 is 5.97 Å². The average molecular weight is 236 g/mol. The second kappa shape index (κ2) is 5.79. The van der Waals surface area contributed by atoms with Crippen molar-refractivity contribution in [3.05, 3.63) is 35.7 Å². The predicted molar refractivity (Wildman–Crippen MR) is 64.3 cm³/mol. The molecule has 0 aliphatic heterocycles. The summed E-state index contributed by atoms with van der Waals surface area (Å²) in [5.41, 5.74) is 10.8. The van der Waals surface area contributed by atoms with Crippen molar-refractivity contribution >= 4 is 5.97 Å². The number of hydrogen-bond acceptors (Lipinski definition) is 5. The molecule has 0 spiro atoms. The summed E-state index contributed by atoms with van der Waals surface area (Å²) in [6.07, 6.45) is 0. The Morgan fingerprint density at radius 1 is 1.24 bits per heavy atom. The van der Waals surface area contributed by atoms with Crippen molar-refractivity contribution in [2.24, 2.45) is 11.5 Å². The largest absolute Gasteiger partial charge is 0.490 e. The van der Waals surface area contributed by atoms with E-state index in [1.54, 1.807) is 24.3 Å². The number of carbonyl (C=O) groups is 1. The minimum absolute atomic E-state index is 0.0520. The maximum absolute atomic E-state index is 11.6. The van der Waals surface area contributed by atoms with E-state index < -0.39 is 5.97 Å². The van der Waals surface area contributed by atoms with Crippen LogP contribution in [0.5, 0.6) is 11.5 Å². The molecule has 17 heavy (non-hydrogen) atoms. The first-order valence-electron chi connectivity index (χ1n) is 5.22. The van der Waals surface area contributed by atoms with Crippen LogP contribution >= 0.6 is 0 Å². The molecule has 4 N–H and O–H groups in total. The molecule has 5 heteroatoms. The third kappa shape index (κ3) is 3.41. The van der Waals surface area contributed by atoms with Gasteiger partial charge in [0, 0.05) is 0 Å². The molecule has 0 saturated heterocycles. The first-order valence-corrected chi connectivity index (χ1v) is 5.22. The molecule has 1 aromatic carbocycles. The molecule has 0 heterocycles. The van der Waals surface area contributed by atoms with Gasteiger partial charge in [-0.2, -0.15) is 0 Å². The highest BCUT2D eigenvalue weighted by Gasteiger charge is 2.13. The van der Waals surface area contributed by atoms with Gasteiger partial charge in [0.2, 0.25) is 0 Å². The quantitative estimate of drug-likeness (QED) is 0.465. The fraction of sp³-hybridized carbons (Fsp3) is 0.250. The topological polar surface area (TPSA) is 87.6 Å². The summed E-state index contributed by atoms with van der Waals surface area (Å²) in [6.45, 7) is 3.84. The fourth-order valence-corrected chi connectivity index (χ4v) is 1.10. The first-order chi connectivity index (χ1) is 8.06. The average Bonchev–Trinajstić information content (AvgIpc) is 2.30. The van der Waals surface area contributed by atoms with Gasteiger partial charge in [-0.15, -0.1) is 0 Å². The molecular weight excluding hydrogens is 220 g/mol. The molecule has 0 bridgehead atoms. The van der Waals surface area contributed by atoms with E-state index in [4.69, 9.17) is 20.9 Å². The lowest BCUT2D eigenvalue weighted by atomic mass is 10.3. The summed E-state index contributed by atoms with van der Waals surface area (Å²) < 4.78 is 10.5. The zero-order valence-electron chi connectivity index (χ0n) is 9.90. The molecule has 0 fully saturated rings. The number of carbonyl (C=O) groups excluding carboxylic acids is 1. The Balaban J connectivity index is 2.88. The van der Waals surface area contributed by atoms with Crippen LogP contribution < -0.4 is 20.9 Å². The second-order valence-electron chi connectivity index (χ2n) is 3.35. The van der Waals surface area contributed by atoms with Gasteiger partial charge < -0.3 is 20.9 Å². The fourth-order valence-electron chi connectivity index (χ4n) is 1.10. The van der Waals surface area contributed by atoms with E-state index in [0.717, 1.165) is 0 Å². The van der Waals surface area contributed by atoms with Crippen LogP contribution in [0.4, 0.5) is 0 Å². The van der Waals surface area contributed by atoms with E-state index in [-0.39, 0.29) is 11.4 Å². The highest BCUT2D eigenvalue weighted by Crippen LogP contribution is 2.26. The molecular formula is C12H16N2O3. The molecule has 92 valence electrons. The van der Waals surface area contributed by atoms with Gasteiger partial charge in [-0.3, -0.25) is 0 Å². The number of nitrogens with two attached hydrogens (primary N) is 2. The van der Waals surface area contributed by atoms with Gasteiger partial charge in [-0.1, -0.05) is 12.1 Å². The van der Waals surface area contributed by atoms with Gasteiger partial charge in [0.25, 0.3) is 0 Å². The molecule has 0 unspecified atom stereocenters. The first kappa shape index (κ1) is 12.9. The van der Waals surface area contributed by atoms with E-state index in [0.29, 0.717) is 18.1 Å². The van der Waals surface area contributed by atoms with Gasteiger partial charge in [0.05, 0.1) is 12.2 Å². The maximum Gasteiger partial charge on any atom is 0.342 e. The lowest BCUT2D eigenvalue weighted by molar-refractivity contribution is -0.130. The summed E-state index contributed by atoms with van der Waals surface area (Å²) in [5, 5.41) is 0. The SMILES string of the molecule is CCOc1ccccc1OC(=O)C(C)=C(N)N. The predicted octanol–water partition coefficient (Wildman–Crippen LogP) is 1.14. The molecule has 0 atom stereocenters. The van der Waals surface area contributed by atoms with Gasteiger partial charge in [0.1, 0.15) is 5.82 Å². The molecule has 0 aromatic heterocycles. The number of hydrogen-bond donors (Lipinski definition) is 2. The highest BCUT2D eigenvalue weighted by atomic mass is 16.6. The Bertz CT molecular complexity index is 437. The van der Waals surface area contributed by atoms with Crippen molar-refractivity contribution in [1.82, 2.24) is 0 Å². The number of para-hydroxylation sites is 2. The van der Waals surface area contributed by atoms with Crippen LogP contribution in [-0.4, -0.2) is 12.6 Å². The van der Waals surface area contributed by atoms with Crippen LogP contribution in [0.1, 0.15) is 13.8 Å². The van der Waals surface area contributed by atoms with Gasteiger partial charge in [0.15, 0.2) is 11.5 Å². The Hall–Kier alpha value is -2.17. The molecule has 1 aromatic rings. The van der Waals surface area contributed by atoms with E-state index in [9.17, 15) is 4.79 Å². The van der Waals surface area contributed by atoms with Crippen LogP contribution in [0.3, 0.4) is 0 Å². The van der Waals surface area contributed by atoms with Crippen LogP contribution in [0, 0.1) is 0 Å². The third-order valence-corrected chi connectivity index (χ3v) is 2.09. The molecule has 0 amide bonds. The van der Waals surface area contributed by atoms with Crippen LogP contribution in [0.25, 0.3) is 0 Å². The van der Waals surface area contributed by atoms with E-state index >= 15 is 0 Å². The van der Waals surface area contributed by atoms with Crippen LogP contribution in [0.2, 0.25) is 0 Å². The molecule has 0 saturated carbocycles. The summed E-state index contributed by atoms with van der Waals surface area (Å²) in [4.78, 5) is 11.6. The van der Waals surface area contributed by atoms with Crippen LogP contribution in [-0.2, 0) is 4.79 Å².